The van der Waals surface area contributed by atoms with Crippen molar-refractivity contribution in [1.82, 2.24) is 15.0 Å². The quantitative estimate of drug-likeness (QED) is 0.750. The highest BCUT2D eigenvalue weighted by Gasteiger charge is 2.11. The molecular formula is C14H12F2N4. The van der Waals surface area contributed by atoms with Crippen LogP contribution in [0.15, 0.2) is 24.3 Å². The summed E-state index contributed by atoms with van der Waals surface area (Å²) in [5.74, 6) is -0.0655. The molecule has 1 aromatic carbocycles. The molecule has 3 rings (SSSR count). The van der Waals surface area contributed by atoms with Crippen molar-refractivity contribution in [1.29, 1.82) is 0 Å². The van der Waals surface area contributed by atoms with Gasteiger partial charge in [-0.3, -0.25) is 0 Å². The van der Waals surface area contributed by atoms with Crippen LogP contribution in [-0.4, -0.2) is 15.0 Å². The summed E-state index contributed by atoms with van der Waals surface area (Å²) in [7, 11) is 0. The van der Waals surface area contributed by atoms with E-state index >= 15 is 0 Å². The Morgan fingerprint density at radius 2 is 1.90 bits per heavy atom. The zero-order valence-electron chi connectivity index (χ0n) is 11.0. The number of hydrogen-bond donors (Lipinski definition) is 2. The monoisotopic (exact) mass is 274 g/mol. The van der Waals surface area contributed by atoms with Gasteiger partial charge in [-0.2, -0.15) is 0 Å². The van der Waals surface area contributed by atoms with E-state index in [9.17, 15) is 8.78 Å². The summed E-state index contributed by atoms with van der Waals surface area (Å²) in [6, 6.07) is 5.10. The zero-order chi connectivity index (χ0) is 14.3. The highest BCUT2D eigenvalue weighted by Crippen LogP contribution is 2.26. The minimum absolute atomic E-state index is 0.0447. The molecule has 0 saturated carbocycles. The van der Waals surface area contributed by atoms with Crippen LogP contribution in [0.1, 0.15) is 11.5 Å². The second-order valence-corrected chi connectivity index (χ2v) is 4.58. The highest BCUT2D eigenvalue weighted by atomic mass is 19.1. The first-order valence-electron chi connectivity index (χ1n) is 6.09. The first-order valence-corrected chi connectivity index (χ1v) is 6.09. The molecule has 2 heterocycles. The van der Waals surface area contributed by atoms with E-state index in [1.165, 1.54) is 0 Å². The molecular weight excluding hydrogens is 262 g/mol. The molecule has 6 heteroatoms. The molecule has 0 aliphatic rings. The van der Waals surface area contributed by atoms with E-state index in [0.29, 0.717) is 17.3 Å². The lowest BCUT2D eigenvalue weighted by molar-refractivity contribution is 0.603. The molecule has 102 valence electrons. The van der Waals surface area contributed by atoms with E-state index in [4.69, 9.17) is 0 Å². The first-order chi connectivity index (χ1) is 9.52. The summed E-state index contributed by atoms with van der Waals surface area (Å²) in [5.41, 5.74) is 1.63. The Balaban J connectivity index is 2.12. The third-order valence-corrected chi connectivity index (χ3v) is 2.92. The van der Waals surface area contributed by atoms with Crippen molar-refractivity contribution < 1.29 is 8.78 Å². The average molecular weight is 274 g/mol. The van der Waals surface area contributed by atoms with E-state index in [-0.39, 0.29) is 5.69 Å². The van der Waals surface area contributed by atoms with Gasteiger partial charge >= 0.3 is 0 Å². The average Bonchev–Trinajstić information content (AvgIpc) is 2.74. The van der Waals surface area contributed by atoms with Crippen LogP contribution in [-0.2, 0) is 0 Å². The fourth-order valence-electron chi connectivity index (χ4n) is 2.07. The van der Waals surface area contributed by atoms with Crippen molar-refractivity contribution in [3.8, 4) is 0 Å². The molecule has 0 aliphatic heterocycles. The topological polar surface area (TPSA) is 53.6 Å². The molecule has 2 N–H and O–H groups in total. The van der Waals surface area contributed by atoms with Gasteiger partial charge in [-0.1, -0.05) is 0 Å². The molecule has 2 aromatic heterocycles. The Kier molecular flexibility index (Phi) is 2.85. The summed E-state index contributed by atoms with van der Waals surface area (Å²) in [5, 5.41) is 3.56. The van der Waals surface area contributed by atoms with E-state index in [2.05, 4.69) is 20.3 Å². The number of halogens is 2. The minimum atomic E-state index is -0.539. The van der Waals surface area contributed by atoms with Crippen LogP contribution in [0.25, 0.3) is 11.0 Å². The lowest BCUT2D eigenvalue weighted by Gasteiger charge is -2.08. The number of aromatic amines is 1. The van der Waals surface area contributed by atoms with E-state index in [1.54, 1.807) is 6.92 Å². The Morgan fingerprint density at radius 3 is 2.70 bits per heavy atom. The maximum Gasteiger partial charge on any atom is 0.146 e. The van der Waals surface area contributed by atoms with Gasteiger partial charge in [0.15, 0.2) is 0 Å². The number of aryl methyl sites for hydroxylation is 2. The molecule has 0 amide bonds. The normalized spacial score (nSPS) is 11.0. The van der Waals surface area contributed by atoms with Crippen molar-refractivity contribution in [3.63, 3.8) is 0 Å². The largest absolute Gasteiger partial charge is 0.343 e. The second-order valence-electron chi connectivity index (χ2n) is 4.58. The van der Waals surface area contributed by atoms with Crippen molar-refractivity contribution in [2.24, 2.45) is 0 Å². The molecule has 0 saturated heterocycles. The summed E-state index contributed by atoms with van der Waals surface area (Å²) >= 11 is 0. The number of benzene rings is 1. The van der Waals surface area contributed by atoms with Gasteiger partial charge < -0.3 is 10.3 Å². The molecule has 0 aliphatic carbocycles. The smallest absolute Gasteiger partial charge is 0.146 e. The second kappa shape index (κ2) is 4.56. The van der Waals surface area contributed by atoms with Crippen LogP contribution >= 0.6 is 0 Å². The standard InChI is InChI=1S/C14H12F2N4/c1-7-5-10-13(17-7)18-8(2)19-14(10)20-12-6-9(15)3-4-11(12)16/h3-6H,1-2H3,(H2,17,18,19,20). The Labute approximate surface area is 113 Å². The van der Waals surface area contributed by atoms with Crippen molar-refractivity contribution in [3.05, 3.63) is 47.4 Å². The van der Waals surface area contributed by atoms with Crippen LogP contribution in [0.2, 0.25) is 0 Å². The van der Waals surface area contributed by atoms with Gasteiger partial charge in [0.05, 0.1) is 11.1 Å². The van der Waals surface area contributed by atoms with Crippen LogP contribution in [0, 0.1) is 25.5 Å². The molecule has 4 nitrogen and oxygen atoms in total. The third-order valence-electron chi connectivity index (χ3n) is 2.92. The Hall–Kier alpha value is -2.50. The van der Waals surface area contributed by atoms with Crippen molar-refractivity contribution in [2.75, 3.05) is 5.32 Å². The molecule has 0 atom stereocenters. The molecule has 0 radical (unpaired) electrons. The van der Waals surface area contributed by atoms with Gasteiger partial charge in [-0.05, 0) is 32.0 Å². The maximum absolute atomic E-state index is 13.7. The number of fused-ring (bicyclic) bond motifs is 1. The highest BCUT2D eigenvalue weighted by molar-refractivity contribution is 5.89. The van der Waals surface area contributed by atoms with Gasteiger partial charge in [-0.25, -0.2) is 18.7 Å². The van der Waals surface area contributed by atoms with Crippen molar-refractivity contribution >= 4 is 22.5 Å². The fraction of sp³-hybridized carbons (Fsp3) is 0.143. The minimum Gasteiger partial charge on any atom is -0.343 e. The molecule has 0 spiro atoms. The Morgan fingerprint density at radius 1 is 1.10 bits per heavy atom. The number of aromatic nitrogens is 3. The molecule has 0 bridgehead atoms. The summed E-state index contributed by atoms with van der Waals surface area (Å²) in [6.45, 7) is 3.63. The molecule has 20 heavy (non-hydrogen) atoms. The number of nitrogens with one attached hydrogen (secondary N) is 2. The molecule has 3 aromatic rings. The lowest BCUT2D eigenvalue weighted by atomic mass is 10.2. The predicted octanol–water partition coefficient (Wildman–Crippen LogP) is 3.60. The van der Waals surface area contributed by atoms with Crippen LogP contribution in [0.5, 0.6) is 0 Å². The number of hydrogen-bond acceptors (Lipinski definition) is 3. The SMILES string of the molecule is Cc1nc(Nc2cc(F)ccc2F)c2cc(C)[nH]c2n1. The van der Waals surface area contributed by atoms with Gasteiger partial charge in [-0.15, -0.1) is 0 Å². The van der Waals surface area contributed by atoms with Crippen LogP contribution in [0.3, 0.4) is 0 Å². The van der Waals surface area contributed by atoms with E-state index in [0.717, 1.165) is 29.3 Å². The number of anilines is 2. The van der Waals surface area contributed by atoms with Crippen LogP contribution < -0.4 is 5.32 Å². The number of nitrogens with zero attached hydrogens (tertiary/aromatic N) is 2. The number of H-pyrrole nitrogens is 1. The van der Waals surface area contributed by atoms with E-state index < -0.39 is 11.6 Å². The van der Waals surface area contributed by atoms with Crippen LogP contribution in [0.4, 0.5) is 20.3 Å². The zero-order valence-corrected chi connectivity index (χ0v) is 11.0. The fourth-order valence-corrected chi connectivity index (χ4v) is 2.07. The molecule has 0 fully saturated rings. The summed E-state index contributed by atoms with van der Waals surface area (Å²) in [6.07, 6.45) is 0. The van der Waals surface area contributed by atoms with Gasteiger partial charge in [0, 0.05) is 11.8 Å². The summed E-state index contributed by atoms with van der Waals surface area (Å²) in [4.78, 5) is 11.6. The van der Waals surface area contributed by atoms with E-state index in [1.807, 2.05) is 13.0 Å². The molecule has 0 unspecified atom stereocenters. The van der Waals surface area contributed by atoms with Gasteiger partial charge in [0.1, 0.15) is 28.9 Å². The third kappa shape index (κ3) is 2.20. The summed E-state index contributed by atoms with van der Waals surface area (Å²) < 4.78 is 26.9. The van der Waals surface area contributed by atoms with Gasteiger partial charge in [0.25, 0.3) is 0 Å². The number of rotatable bonds is 2. The van der Waals surface area contributed by atoms with Crippen molar-refractivity contribution in [2.45, 2.75) is 13.8 Å². The first kappa shape index (κ1) is 12.5. The predicted molar refractivity (Wildman–Crippen MR) is 73.0 cm³/mol. The maximum atomic E-state index is 13.7. The lowest BCUT2D eigenvalue weighted by Crippen LogP contribution is -2.00. The van der Waals surface area contributed by atoms with Gasteiger partial charge in [0.2, 0.25) is 0 Å². The Bertz CT molecular complexity index is 795.